The average Bonchev–Trinajstić information content (AvgIpc) is 2.31. The SMILES string of the molecule is Cc1ccc2c(c1)C(=O)C(Br)C2. The van der Waals surface area contributed by atoms with Crippen LogP contribution in [0.3, 0.4) is 0 Å². The van der Waals surface area contributed by atoms with Crippen LogP contribution in [0.4, 0.5) is 0 Å². The van der Waals surface area contributed by atoms with E-state index in [1.165, 1.54) is 5.56 Å². The Bertz CT molecular complexity index is 344. The predicted octanol–water partition coefficient (Wildman–Crippen LogP) is 2.50. The van der Waals surface area contributed by atoms with Crippen LogP contribution in [-0.2, 0) is 6.42 Å². The molecule has 0 heterocycles. The van der Waals surface area contributed by atoms with Gasteiger partial charge in [-0.3, -0.25) is 4.79 Å². The second-order valence-corrected chi connectivity index (χ2v) is 4.30. The van der Waals surface area contributed by atoms with Crippen molar-refractivity contribution in [3.05, 3.63) is 34.9 Å². The van der Waals surface area contributed by atoms with Crippen molar-refractivity contribution >= 4 is 21.7 Å². The average molecular weight is 225 g/mol. The Balaban J connectivity index is 2.56. The molecule has 62 valence electrons. The molecule has 0 aromatic heterocycles. The molecule has 1 nitrogen and oxygen atoms in total. The van der Waals surface area contributed by atoms with Gasteiger partial charge in [-0.25, -0.2) is 0 Å². The Labute approximate surface area is 79.9 Å². The van der Waals surface area contributed by atoms with Crippen molar-refractivity contribution in [1.82, 2.24) is 0 Å². The quantitative estimate of drug-likeness (QED) is 0.620. The van der Waals surface area contributed by atoms with Crippen LogP contribution < -0.4 is 0 Å². The maximum atomic E-state index is 11.5. The lowest BCUT2D eigenvalue weighted by molar-refractivity contribution is 0.100. The maximum absolute atomic E-state index is 11.5. The normalized spacial score (nSPS) is 21.2. The van der Waals surface area contributed by atoms with Crippen molar-refractivity contribution in [3.63, 3.8) is 0 Å². The summed E-state index contributed by atoms with van der Waals surface area (Å²) in [4.78, 5) is 11.5. The van der Waals surface area contributed by atoms with Crippen LogP contribution in [0.5, 0.6) is 0 Å². The lowest BCUT2D eigenvalue weighted by Gasteiger charge is -1.97. The summed E-state index contributed by atoms with van der Waals surface area (Å²) in [5, 5.41) is 0. The van der Waals surface area contributed by atoms with Crippen LogP contribution in [0, 0.1) is 6.92 Å². The summed E-state index contributed by atoms with van der Waals surface area (Å²) in [5.41, 5.74) is 3.23. The number of fused-ring (bicyclic) bond motifs is 1. The lowest BCUT2D eigenvalue weighted by atomic mass is 10.1. The maximum Gasteiger partial charge on any atom is 0.177 e. The highest BCUT2D eigenvalue weighted by atomic mass is 79.9. The number of halogens is 1. The Kier molecular flexibility index (Phi) is 1.80. The zero-order chi connectivity index (χ0) is 8.72. The summed E-state index contributed by atoms with van der Waals surface area (Å²) in [5.74, 6) is 0.230. The highest BCUT2D eigenvalue weighted by Gasteiger charge is 2.27. The largest absolute Gasteiger partial charge is 0.293 e. The molecule has 0 fully saturated rings. The van der Waals surface area contributed by atoms with Gasteiger partial charge >= 0.3 is 0 Å². The molecule has 0 amide bonds. The summed E-state index contributed by atoms with van der Waals surface area (Å²) < 4.78 is 0. The Morgan fingerprint density at radius 3 is 3.00 bits per heavy atom. The van der Waals surface area contributed by atoms with Gasteiger partial charge in [-0.2, -0.15) is 0 Å². The van der Waals surface area contributed by atoms with Gasteiger partial charge in [0.15, 0.2) is 5.78 Å². The van der Waals surface area contributed by atoms with E-state index in [4.69, 9.17) is 0 Å². The summed E-state index contributed by atoms with van der Waals surface area (Å²) in [6.07, 6.45) is 0.842. The standard InChI is InChI=1S/C10H9BrO/c1-6-2-3-7-5-9(11)10(12)8(7)4-6/h2-4,9H,5H2,1H3. The van der Waals surface area contributed by atoms with Crippen molar-refractivity contribution in [2.75, 3.05) is 0 Å². The van der Waals surface area contributed by atoms with Crippen molar-refractivity contribution in [1.29, 1.82) is 0 Å². The van der Waals surface area contributed by atoms with Gasteiger partial charge in [0.2, 0.25) is 0 Å². The van der Waals surface area contributed by atoms with Gasteiger partial charge in [0, 0.05) is 5.56 Å². The molecule has 1 aliphatic carbocycles. The van der Waals surface area contributed by atoms with Crippen molar-refractivity contribution in [2.24, 2.45) is 0 Å². The molecule has 0 spiro atoms. The van der Waals surface area contributed by atoms with Crippen LogP contribution in [0.2, 0.25) is 0 Å². The summed E-state index contributed by atoms with van der Waals surface area (Å²) in [7, 11) is 0. The van der Waals surface area contributed by atoms with Crippen molar-refractivity contribution in [2.45, 2.75) is 18.2 Å². The molecular weight excluding hydrogens is 216 g/mol. The smallest absolute Gasteiger partial charge is 0.177 e. The van der Waals surface area contributed by atoms with Gasteiger partial charge in [-0.1, -0.05) is 33.6 Å². The fourth-order valence-corrected chi connectivity index (χ4v) is 2.15. The van der Waals surface area contributed by atoms with E-state index in [0.717, 1.165) is 17.5 Å². The van der Waals surface area contributed by atoms with Gasteiger partial charge in [-0.05, 0) is 25.0 Å². The van der Waals surface area contributed by atoms with Gasteiger partial charge in [0.05, 0.1) is 4.83 Å². The van der Waals surface area contributed by atoms with Crippen LogP contribution in [0.15, 0.2) is 18.2 Å². The molecule has 0 saturated heterocycles. The number of alkyl halides is 1. The number of aryl methyl sites for hydroxylation is 1. The highest BCUT2D eigenvalue weighted by molar-refractivity contribution is 9.10. The third-order valence-electron chi connectivity index (χ3n) is 2.21. The minimum atomic E-state index is 0.00861. The Morgan fingerprint density at radius 2 is 2.25 bits per heavy atom. The second kappa shape index (κ2) is 2.70. The van der Waals surface area contributed by atoms with E-state index in [1.807, 2.05) is 19.1 Å². The Morgan fingerprint density at radius 1 is 1.50 bits per heavy atom. The number of Topliss-reactive ketones (excluding diaryl/α,β-unsaturated/α-hetero) is 1. The first-order valence-corrected chi connectivity index (χ1v) is 4.88. The van der Waals surface area contributed by atoms with E-state index in [9.17, 15) is 4.79 Å². The third-order valence-corrected chi connectivity index (χ3v) is 2.95. The zero-order valence-corrected chi connectivity index (χ0v) is 8.39. The van der Waals surface area contributed by atoms with Gasteiger partial charge < -0.3 is 0 Å². The molecule has 0 N–H and O–H groups in total. The molecule has 1 atom stereocenters. The fraction of sp³-hybridized carbons (Fsp3) is 0.300. The molecule has 2 rings (SSSR count). The number of hydrogen-bond donors (Lipinski definition) is 0. The lowest BCUT2D eigenvalue weighted by Crippen LogP contribution is -2.05. The number of ketones is 1. The molecule has 12 heavy (non-hydrogen) atoms. The summed E-state index contributed by atoms with van der Waals surface area (Å²) in [6, 6.07) is 6.07. The van der Waals surface area contributed by atoms with Crippen molar-refractivity contribution < 1.29 is 4.79 Å². The fourth-order valence-electron chi connectivity index (χ4n) is 1.55. The Hall–Kier alpha value is -0.630. The topological polar surface area (TPSA) is 17.1 Å². The number of benzene rings is 1. The monoisotopic (exact) mass is 224 g/mol. The zero-order valence-electron chi connectivity index (χ0n) is 6.80. The third kappa shape index (κ3) is 1.11. The first-order valence-electron chi connectivity index (χ1n) is 3.96. The van der Waals surface area contributed by atoms with Crippen LogP contribution >= 0.6 is 15.9 Å². The first-order chi connectivity index (χ1) is 5.68. The molecule has 0 aliphatic heterocycles. The minimum Gasteiger partial charge on any atom is -0.293 e. The van der Waals surface area contributed by atoms with E-state index in [0.29, 0.717) is 0 Å². The molecule has 1 unspecified atom stereocenters. The van der Waals surface area contributed by atoms with E-state index in [1.54, 1.807) is 0 Å². The van der Waals surface area contributed by atoms with E-state index < -0.39 is 0 Å². The number of carbonyl (C=O) groups excluding carboxylic acids is 1. The molecule has 1 aromatic rings. The van der Waals surface area contributed by atoms with E-state index >= 15 is 0 Å². The van der Waals surface area contributed by atoms with Crippen LogP contribution in [-0.4, -0.2) is 10.6 Å². The number of rotatable bonds is 0. The van der Waals surface area contributed by atoms with Crippen LogP contribution in [0.25, 0.3) is 0 Å². The molecule has 0 bridgehead atoms. The molecular formula is C10H9BrO. The highest BCUT2D eigenvalue weighted by Crippen LogP contribution is 2.27. The van der Waals surface area contributed by atoms with Crippen LogP contribution in [0.1, 0.15) is 21.5 Å². The van der Waals surface area contributed by atoms with E-state index in [-0.39, 0.29) is 10.6 Å². The molecule has 1 aromatic carbocycles. The summed E-state index contributed by atoms with van der Waals surface area (Å²) >= 11 is 3.36. The number of hydrogen-bond acceptors (Lipinski definition) is 1. The van der Waals surface area contributed by atoms with Gasteiger partial charge in [0.25, 0.3) is 0 Å². The molecule has 0 radical (unpaired) electrons. The second-order valence-electron chi connectivity index (χ2n) is 3.20. The molecule has 2 heteroatoms. The van der Waals surface area contributed by atoms with Crippen molar-refractivity contribution in [3.8, 4) is 0 Å². The van der Waals surface area contributed by atoms with Gasteiger partial charge in [-0.15, -0.1) is 0 Å². The summed E-state index contributed by atoms with van der Waals surface area (Å²) in [6.45, 7) is 2.01. The van der Waals surface area contributed by atoms with Gasteiger partial charge in [0.1, 0.15) is 0 Å². The number of carbonyl (C=O) groups is 1. The molecule has 0 saturated carbocycles. The first kappa shape index (κ1) is 7.99. The molecule has 1 aliphatic rings. The van der Waals surface area contributed by atoms with E-state index in [2.05, 4.69) is 22.0 Å². The predicted molar refractivity (Wildman–Crippen MR) is 51.9 cm³/mol. The minimum absolute atomic E-state index is 0.00861.